The minimum atomic E-state index is -0.436. The van der Waals surface area contributed by atoms with Gasteiger partial charge in [0, 0.05) is 36.6 Å². The molecule has 0 spiro atoms. The third kappa shape index (κ3) is 4.25. The minimum Gasteiger partial charge on any atom is -0.496 e. The molecule has 26 heavy (non-hydrogen) atoms. The van der Waals surface area contributed by atoms with Gasteiger partial charge in [-0.2, -0.15) is 0 Å². The molecule has 1 heterocycles. The molecule has 0 N–H and O–H groups in total. The average Bonchev–Trinajstić information content (AvgIpc) is 2.68. The van der Waals surface area contributed by atoms with Crippen LogP contribution in [0.5, 0.6) is 5.75 Å². The molecule has 1 amide bonds. The first-order valence-corrected chi connectivity index (χ1v) is 8.23. The number of pyridine rings is 1. The Kier molecular flexibility index (Phi) is 5.59. The van der Waals surface area contributed by atoms with Crippen LogP contribution in [-0.2, 0) is 13.1 Å². The van der Waals surface area contributed by atoms with Gasteiger partial charge in [-0.25, -0.2) is 4.39 Å². The molecule has 0 aliphatic heterocycles. The van der Waals surface area contributed by atoms with Crippen molar-refractivity contribution in [2.75, 3.05) is 7.11 Å². The van der Waals surface area contributed by atoms with Crippen LogP contribution in [0.3, 0.4) is 0 Å². The number of ether oxygens (including phenoxy) is 1. The summed E-state index contributed by atoms with van der Waals surface area (Å²) in [5, 5.41) is 0. The Bertz CT molecular complexity index is 884. The highest BCUT2D eigenvalue weighted by molar-refractivity contribution is 5.94. The van der Waals surface area contributed by atoms with Gasteiger partial charge in [0.25, 0.3) is 5.91 Å². The Labute approximate surface area is 151 Å². The van der Waals surface area contributed by atoms with E-state index in [1.807, 2.05) is 36.4 Å². The number of rotatable bonds is 6. The van der Waals surface area contributed by atoms with Crippen molar-refractivity contribution in [1.82, 2.24) is 9.88 Å². The molecule has 0 unspecified atom stereocenters. The van der Waals surface area contributed by atoms with Crippen molar-refractivity contribution >= 4 is 5.91 Å². The Balaban J connectivity index is 1.92. The largest absolute Gasteiger partial charge is 0.496 e. The molecule has 132 valence electrons. The molecule has 3 aromatic rings. The molecule has 0 aliphatic rings. The van der Waals surface area contributed by atoms with Gasteiger partial charge in [0.15, 0.2) is 0 Å². The van der Waals surface area contributed by atoms with Gasteiger partial charge in [0.2, 0.25) is 0 Å². The number of halogens is 1. The zero-order valence-electron chi connectivity index (χ0n) is 14.4. The molecule has 5 heteroatoms. The molecular weight excluding hydrogens is 331 g/mol. The van der Waals surface area contributed by atoms with E-state index in [4.69, 9.17) is 4.74 Å². The second-order valence-electron chi connectivity index (χ2n) is 5.84. The first-order valence-electron chi connectivity index (χ1n) is 8.23. The highest BCUT2D eigenvalue weighted by atomic mass is 19.1. The smallest absolute Gasteiger partial charge is 0.254 e. The van der Waals surface area contributed by atoms with Crippen LogP contribution in [0, 0.1) is 5.82 Å². The van der Waals surface area contributed by atoms with Crippen LogP contribution >= 0.6 is 0 Å². The minimum absolute atomic E-state index is 0.251. The molecule has 4 nitrogen and oxygen atoms in total. The number of aromatic nitrogens is 1. The van der Waals surface area contributed by atoms with Crippen LogP contribution in [0.25, 0.3) is 0 Å². The van der Waals surface area contributed by atoms with Gasteiger partial charge in [0.1, 0.15) is 11.6 Å². The zero-order chi connectivity index (χ0) is 18.4. The molecule has 1 aromatic heterocycles. The van der Waals surface area contributed by atoms with Gasteiger partial charge in [0.05, 0.1) is 7.11 Å². The molecule has 3 rings (SSSR count). The van der Waals surface area contributed by atoms with E-state index in [0.29, 0.717) is 24.4 Å². The first-order chi connectivity index (χ1) is 12.7. The van der Waals surface area contributed by atoms with Gasteiger partial charge in [-0.05, 0) is 35.9 Å². The number of hydrogen-bond acceptors (Lipinski definition) is 3. The Morgan fingerprint density at radius 1 is 1.08 bits per heavy atom. The number of hydrogen-bond donors (Lipinski definition) is 0. The Morgan fingerprint density at radius 3 is 2.65 bits per heavy atom. The van der Waals surface area contributed by atoms with Gasteiger partial charge in [-0.3, -0.25) is 9.78 Å². The number of methoxy groups -OCH3 is 1. The lowest BCUT2D eigenvalue weighted by Gasteiger charge is -2.24. The van der Waals surface area contributed by atoms with Crippen LogP contribution in [0.1, 0.15) is 21.5 Å². The summed E-state index contributed by atoms with van der Waals surface area (Å²) < 4.78 is 19.0. The number of amides is 1. The van der Waals surface area contributed by atoms with Crippen molar-refractivity contribution in [2.45, 2.75) is 13.1 Å². The van der Waals surface area contributed by atoms with Crippen LogP contribution in [0.4, 0.5) is 4.39 Å². The number of benzene rings is 2. The van der Waals surface area contributed by atoms with E-state index in [1.165, 1.54) is 18.2 Å². The topological polar surface area (TPSA) is 42.4 Å². The highest BCUT2D eigenvalue weighted by Crippen LogP contribution is 2.22. The Morgan fingerprint density at radius 2 is 1.92 bits per heavy atom. The molecule has 0 aliphatic carbocycles. The maximum atomic E-state index is 13.6. The van der Waals surface area contributed by atoms with Crippen LogP contribution in [0.2, 0.25) is 0 Å². The van der Waals surface area contributed by atoms with Crippen LogP contribution < -0.4 is 4.74 Å². The van der Waals surface area contributed by atoms with Crippen molar-refractivity contribution in [3.63, 3.8) is 0 Å². The third-order valence-electron chi connectivity index (χ3n) is 4.01. The predicted octanol–water partition coefficient (Wildman–Crippen LogP) is 4.07. The summed E-state index contributed by atoms with van der Waals surface area (Å²) in [5.74, 6) is 0.0180. The predicted molar refractivity (Wildman–Crippen MR) is 97.2 cm³/mol. The lowest BCUT2D eigenvalue weighted by Crippen LogP contribution is -2.30. The number of nitrogens with zero attached hydrogens (tertiary/aromatic N) is 2. The lowest BCUT2D eigenvalue weighted by atomic mass is 10.1. The fourth-order valence-electron chi connectivity index (χ4n) is 2.75. The van der Waals surface area contributed by atoms with Gasteiger partial charge in [-0.15, -0.1) is 0 Å². The number of carbonyl (C=O) groups excluding carboxylic acids is 1. The van der Waals surface area contributed by atoms with Crippen LogP contribution in [0.15, 0.2) is 73.1 Å². The molecule has 0 fully saturated rings. The summed E-state index contributed by atoms with van der Waals surface area (Å²) in [6, 6.07) is 17.0. The van der Waals surface area contributed by atoms with E-state index >= 15 is 0 Å². The number of carbonyl (C=O) groups is 1. The van der Waals surface area contributed by atoms with Crippen molar-refractivity contribution in [1.29, 1.82) is 0 Å². The van der Waals surface area contributed by atoms with E-state index < -0.39 is 5.82 Å². The summed E-state index contributed by atoms with van der Waals surface area (Å²) in [5.41, 5.74) is 2.08. The normalized spacial score (nSPS) is 10.4. The van der Waals surface area contributed by atoms with E-state index in [1.54, 1.807) is 30.5 Å². The summed E-state index contributed by atoms with van der Waals surface area (Å²) in [4.78, 5) is 18.8. The quantitative estimate of drug-likeness (QED) is 0.673. The Hall–Kier alpha value is -3.21. The first kappa shape index (κ1) is 17.6. The van der Waals surface area contributed by atoms with Gasteiger partial charge in [-0.1, -0.05) is 30.3 Å². The summed E-state index contributed by atoms with van der Waals surface area (Å²) in [7, 11) is 1.60. The van der Waals surface area contributed by atoms with Crippen LogP contribution in [-0.4, -0.2) is 22.9 Å². The fraction of sp³-hybridized carbons (Fsp3) is 0.143. The standard InChI is InChI=1S/C21H19FN2O2/c1-26-20-10-3-2-7-18(20)15-24(14-16-6-5-11-23-13-16)21(25)17-8-4-9-19(22)12-17/h2-13H,14-15H2,1H3. The van der Waals surface area contributed by atoms with E-state index in [0.717, 1.165) is 11.1 Å². The summed E-state index contributed by atoms with van der Waals surface area (Å²) in [6.07, 6.45) is 3.40. The van der Waals surface area contributed by atoms with Crippen molar-refractivity contribution in [3.8, 4) is 5.75 Å². The molecule has 0 radical (unpaired) electrons. The van der Waals surface area contributed by atoms with Crippen molar-refractivity contribution in [3.05, 3.63) is 95.6 Å². The van der Waals surface area contributed by atoms with E-state index in [-0.39, 0.29) is 5.91 Å². The molecular formula is C21H19FN2O2. The third-order valence-corrected chi connectivity index (χ3v) is 4.01. The zero-order valence-corrected chi connectivity index (χ0v) is 14.4. The molecule has 0 atom stereocenters. The van der Waals surface area contributed by atoms with E-state index in [9.17, 15) is 9.18 Å². The van der Waals surface area contributed by atoms with E-state index in [2.05, 4.69) is 4.98 Å². The van der Waals surface area contributed by atoms with Gasteiger partial charge < -0.3 is 9.64 Å². The second-order valence-corrected chi connectivity index (χ2v) is 5.84. The lowest BCUT2D eigenvalue weighted by molar-refractivity contribution is 0.0728. The summed E-state index contributed by atoms with van der Waals surface area (Å²) >= 11 is 0. The SMILES string of the molecule is COc1ccccc1CN(Cc1cccnc1)C(=O)c1cccc(F)c1. The maximum absolute atomic E-state index is 13.6. The molecule has 0 saturated carbocycles. The maximum Gasteiger partial charge on any atom is 0.254 e. The van der Waals surface area contributed by atoms with Crippen molar-refractivity contribution < 1.29 is 13.9 Å². The summed E-state index contributed by atoms with van der Waals surface area (Å²) in [6.45, 7) is 0.704. The van der Waals surface area contributed by atoms with Gasteiger partial charge >= 0.3 is 0 Å². The number of para-hydroxylation sites is 1. The molecule has 2 aromatic carbocycles. The molecule has 0 bridgehead atoms. The monoisotopic (exact) mass is 350 g/mol. The second kappa shape index (κ2) is 8.25. The average molecular weight is 350 g/mol. The highest BCUT2D eigenvalue weighted by Gasteiger charge is 2.19. The molecule has 0 saturated heterocycles. The van der Waals surface area contributed by atoms with Crippen molar-refractivity contribution in [2.24, 2.45) is 0 Å². The fourth-order valence-corrected chi connectivity index (χ4v) is 2.75.